The van der Waals surface area contributed by atoms with E-state index in [9.17, 15) is 9.59 Å². The third-order valence-electron chi connectivity index (χ3n) is 4.56. The van der Waals surface area contributed by atoms with E-state index >= 15 is 0 Å². The van der Waals surface area contributed by atoms with Crippen LogP contribution in [0.15, 0.2) is 59.1 Å². The molecule has 29 heavy (non-hydrogen) atoms. The molecule has 0 aliphatic carbocycles. The normalized spacial score (nSPS) is 12.8. The fraction of sp³-hybridized carbons (Fsp3) is 0.238. The SMILES string of the molecule is CC[C@@H](C)[C@H](NC(=O)c1ccc(Br)cc1)C(=O)Nc1nnc(-c2ccccc2)s1. The van der Waals surface area contributed by atoms with Gasteiger partial charge in [0, 0.05) is 15.6 Å². The summed E-state index contributed by atoms with van der Waals surface area (Å²) in [6.45, 7) is 3.91. The smallest absolute Gasteiger partial charge is 0.251 e. The number of anilines is 1. The van der Waals surface area contributed by atoms with Crippen LogP contribution >= 0.6 is 27.3 Å². The summed E-state index contributed by atoms with van der Waals surface area (Å²) in [5, 5.41) is 15.0. The molecule has 3 rings (SSSR count). The van der Waals surface area contributed by atoms with E-state index in [0.717, 1.165) is 21.5 Å². The van der Waals surface area contributed by atoms with Crippen molar-refractivity contribution in [2.24, 2.45) is 5.92 Å². The molecule has 150 valence electrons. The van der Waals surface area contributed by atoms with Crippen molar-refractivity contribution in [1.29, 1.82) is 0 Å². The zero-order valence-electron chi connectivity index (χ0n) is 16.1. The van der Waals surface area contributed by atoms with Crippen LogP contribution in [0, 0.1) is 5.92 Å². The highest BCUT2D eigenvalue weighted by Gasteiger charge is 2.27. The molecule has 0 saturated carbocycles. The lowest BCUT2D eigenvalue weighted by atomic mass is 9.98. The quantitative estimate of drug-likeness (QED) is 0.519. The Morgan fingerprint density at radius 3 is 2.41 bits per heavy atom. The first-order valence-electron chi connectivity index (χ1n) is 9.24. The summed E-state index contributed by atoms with van der Waals surface area (Å²) in [6, 6.07) is 16.0. The number of nitrogens with zero attached hydrogens (tertiary/aromatic N) is 2. The lowest BCUT2D eigenvalue weighted by molar-refractivity contribution is -0.119. The molecule has 2 aromatic carbocycles. The summed E-state index contributed by atoms with van der Waals surface area (Å²) in [5.41, 5.74) is 1.43. The minimum absolute atomic E-state index is 0.0455. The highest BCUT2D eigenvalue weighted by atomic mass is 79.9. The zero-order chi connectivity index (χ0) is 20.8. The van der Waals surface area contributed by atoms with Crippen LogP contribution in [0.5, 0.6) is 0 Å². The number of carbonyl (C=O) groups excluding carboxylic acids is 2. The summed E-state index contributed by atoms with van der Waals surface area (Å²) in [5.74, 6) is -0.642. The Kier molecular flexibility index (Phi) is 7.11. The molecule has 2 atom stereocenters. The summed E-state index contributed by atoms with van der Waals surface area (Å²) < 4.78 is 0.885. The third kappa shape index (κ3) is 5.48. The van der Waals surface area contributed by atoms with Crippen molar-refractivity contribution in [3.8, 4) is 10.6 Å². The van der Waals surface area contributed by atoms with Crippen LogP contribution in [0.4, 0.5) is 5.13 Å². The Morgan fingerprint density at radius 2 is 1.76 bits per heavy atom. The van der Waals surface area contributed by atoms with Crippen LogP contribution in [0.3, 0.4) is 0 Å². The standard InChI is InChI=1S/C21H21BrN4O2S/c1-3-13(2)17(23-18(27)14-9-11-16(22)12-10-14)19(28)24-21-26-25-20(29-21)15-7-5-4-6-8-15/h4-13,17H,3H2,1-2H3,(H,23,27)(H,24,26,28)/t13-,17+/m1/s1. The largest absolute Gasteiger partial charge is 0.340 e. The summed E-state index contributed by atoms with van der Waals surface area (Å²) in [6.07, 6.45) is 0.740. The van der Waals surface area contributed by atoms with Gasteiger partial charge in [-0.05, 0) is 30.2 Å². The monoisotopic (exact) mass is 472 g/mol. The Morgan fingerprint density at radius 1 is 1.07 bits per heavy atom. The number of benzene rings is 2. The topological polar surface area (TPSA) is 84.0 Å². The van der Waals surface area contributed by atoms with E-state index in [1.807, 2.05) is 44.2 Å². The molecule has 0 aliphatic heterocycles. The molecule has 0 fully saturated rings. The Balaban J connectivity index is 1.72. The van der Waals surface area contributed by atoms with Crippen molar-refractivity contribution in [1.82, 2.24) is 15.5 Å². The Labute approximate surface area is 181 Å². The number of amides is 2. The van der Waals surface area contributed by atoms with Crippen molar-refractivity contribution >= 4 is 44.2 Å². The molecule has 0 bridgehead atoms. The van der Waals surface area contributed by atoms with Crippen molar-refractivity contribution in [2.75, 3.05) is 5.32 Å². The predicted molar refractivity (Wildman–Crippen MR) is 119 cm³/mol. The van der Waals surface area contributed by atoms with Crippen LogP contribution in [-0.2, 0) is 4.79 Å². The number of hydrogen-bond donors (Lipinski definition) is 2. The van der Waals surface area contributed by atoms with E-state index in [0.29, 0.717) is 10.7 Å². The molecule has 2 N–H and O–H groups in total. The van der Waals surface area contributed by atoms with Gasteiger partial charge in [0.25, 0.3) is 5.91 Å². The number of rotatable bonds is 7. The van der Waals surface area contributed by atoms with Crippen molar-refractivity contribution < 1.29 is 9.59 Å². The third-order valence-corrected chi connectivity index (χ3v) is 5.98. The first-order valence-corrected chi connectivity index (χ1v) is 10.8. The molecule has 8 heteroatoms. The van der Waals surface area contributed by atoms with E-state index in [4.69, 9.17) is 0 Å². The Hall–Kier alpha value is -2.58. The fourth-order valence-corrected chi connectivity index (χ4v) is 3.70. The highest BCUT2D eigenvalue weighted by molar-refractivity contribution is 9.10. The number of carbonyl (C=O) groups is 2. The van der Waals surface area contributed by atoms with Crippen LogP contribution < -0.4 is 10.6 Å². The number of hydrogen-bond acceptors (Lipinski definition) is 5. The average Bonchev–Trinajstić information content (AvgIpc) is 3.20. The van der Waals surface area contributed by atoms with Gasteiger partial charge in [-0.25, -0.2) is 0 Å². The minimum atomic E-state index is -0.680. The van der Waals surface area contributed by atoms with Gasteiger partial charge in [-0.15, -0.1) is 10.2 Å². The second-order valence-electron chi connectivity index (χ2n) is 6.61. The molecule has 0 aliphatic rings. The molecule has 0 radical (unpaired) electrons. The van der Waals surface area contributed by atoms with E-state index in [-0.39, 0.29) is 17.7 Å². The summed E-state index contributed by atoms with van der Waals surface area (Å²) >= 11 is 4.65. The van der Waals surface area contributed by atoms with Crippen LogP contribution in [0.1, 0.15) is 30.6 Å². The molecular weight excluding hydrogens is 452 g/mol. The van der Waals surface area contributed by atoms with Crippen LogP contribution in [0.2, 0.25) is 0 Å². The molecule has 1 aromatic heterocycles. The van der Waals surface area contributed by atoms with E-state index < -0.39 is 6.04 Å². The van der Waals surface area contributed by atoms with Gasteiger partial charge in [-0.2, -0.15) is 0 Å². The van der Waals surface area contributed by atoms with Gasteiger partial charge in [-0.3, -0.25) is 14.9 Å². The zero-order valence-corrected chi connectivity index (χ0v) is 18.5. The van der Waals surface area contributed by atoms with Crippen LogP contribution in [0.25, 0.3) is 10.6 Å². The van der Waals surface area contributed by atoms with Crippen molar-refractivity contribution in [3.63, 3.8) is 0 Å². The van der Waals surface area contributed by atoms with Gasteiger partial charge in [0.2, 0.25) is 11.0 Å². The van der Waals surface area contributed by atoms with Crippen LogP contribution in [-0.4, -0.2) is 28.1 Å². The maximum atomic E-state index is 12.9. The second kappa shape index (κ2) is 9.76. The number of aromatic nitrogens is 2. The first-order chi connectivity index (χ1) is 14.0. The Bertz CT molecular complexity index is 976. The van der Waals surface area contributed by atoms with Gasteiger partial charge < -0.3 is 5.32 Å². The number of nitrogens with one attached hydrogen (secondary N) is 2. The lowest BCUT2D eigenvalue weighted by Crippen LogP contribution is -2.47. The van der Waals surface area contributed by atoms with Gasteiger partial charge in [0.05, 0.1) is 0 Å². The van der Waals surface area contributed by atoms with Crippen molar-refractivity contribution in [3.05, 3.63) is 64.6 Å². The van der Waals surface area contributed by atoms with E-state index in [1.165, 1.54) is 11.3 Å². The molecule has 1 heterocycles. The molecule has 0 saturated heterocycles. The first kappa shape index (κ1) is 21.1. The molecular formula is C21H21BrN4O2S. The predicted octanol–water partition coefficient (Wildman–Crippen LogP) is 4.75. The van der Waals surface area contributed by atoms with Gasteiger partial charge in [0.1, 0.15) is 11.0 Å². The lowest BCUT2D eigenvalue weighted by Gasteiger charge is -2.23. The molecule has 0 spiro atoms. The number of halogens is 1. The maximum absolute atomic E-state index is 12.9. The second-order valence-corrected chi connectivity index (χ2v) is 8.50. The van der Waals surface area contributed by atoms with E-state index in [1.54, 1.807) is 24.3 Å². The average molecular weight is 473 g/mol. The summed E-state index contributed by atoms with van der Waals surface area (Å²) in [4.78, 5) is 25.5. The molecule has 2 amide bonds. The van der Waals surface area contributed by atoms with Gasteiger partial charge >= 0.3 is 0 Å². The molecule has 6 nitrogen and oxygen atoms in total. The maximum Gasteiger partial charge on any atom is 0.251 e. The highest BCUT2D eigenvalue weighted by Crippen LogP contribution is 2.26. The van der Waals surface area contributed by atoms with Crippen molar-refractivity contribution in [2.45, 2.75) is 26.3 Å². The van der Waals surface area contributed by atoms with Gasteiger partial charge in [-0.1, -0.05) is 77.9 Å². The van der Waals surface area contributed by atoms with E-state index in [2.05, 4.69) is 36.8 Å². The molecule has 0 unspecified atom stereocenters. The molecule has 3 aromatic rings. The summed E-state index contributed by atoms with van der Waals surface area (Å²) in [7, 11) is 0. The van der Waals surface area contributed by atoms with Gasteiger partial charge in [0.15, 0.2) is 0 Å². The fourth-order valence-electron chi connectivity index (χ4n) is 2.68. The minimum Gasteiger partial charge on any atom is -0.340 e.